The molecule has 3 aliphatic rings. The number of nitrogens with zero attached hydrogens (tertiary/aromatic N) is 1. The summed E-state index contributed by atoms with van der Waals surface area (Å²) in [5.41, 5.74) is 0.599. The van der Waals surface area contributed by atoms with Crippen LogP contribution >= 0.6 is 0 Å². The minimum atomic E-state index is -3.46. The summed E-state index contributed by atoms with van der Waals surface area (Å²) >= 11 is 0. The predicted octanol–water partition coefficient (Wildman–Crippen LogP) is 2.23. The quantitative estimate of drug-likeness (QED) is 0.455. The topological polar surface area (TPSA) is 59.1 Å². The molecule has 2 unspecified atom stereocenters. The highest BCUT2D eigenvalue weighted by Crippen LogP contribution is 2.52. The lowest BCUT2D eigenvalue weighted by Crippen LogP contribution is -2.62. The molecule has 1 aromatic rings. The third kappa shape index (κ3) is 2.96. The van der Waals surface area contributed by atoms with Gasteiger partial charge in [-0.1, -0.05) is 43.6 Å². The molecule has 26 heavy (non-hydrogen) atoms. The molecule has 3 heterocycles. The molecule has 3 saturated heterocycles. The summed E-state index contributed by atoms with van der Waals surface area (Å²) in [6, 6.07) is 7.35. The van der Waals surface area contributed by atoms with Gasteiger partial charge in [0.15, 0.2) is 0 Å². The summed E-state index contributed by atoms with van der Waals surface area (Å²) in [6.07, 6.45) is -8.01. The Labute approximate surface area is 168 Å². The van der Waals surface area contributed by atoms with Crippen molar-refractivity contribution >= 4 is 5.97 Å². The number of aliphatic hydroxyl groups excluding tert-OH is 1. The standard InChI is InChI=1S/C21H30NO4/c1-3-4-10-22(2)17-11-15(12-18(22)20-19(17)26-20)25-21(24)16(13-23)14-8-6-5-7-9-14/h5-9,15-20,23H,3-4,10-13H2,1-2H3/q+1/t15?,16-,17-,18+,19-,20+,22?/m1/s1/i1D3,3D2,4D2,10D2. The molecule has 5 heteroatoms. The number of esters is 1. The van der Waals surface area contributed by atoms with E-state index in [4.69, 9.17) is 21.8 Å². The lowest BCUT2D eigenvalue weighted by molar-refractivity contribution is -0.956. The number of carbonyl (C=O) groups excluding carboxylic acids is 1. The molecule has 3 aliphatic heterocycles. The zero-order valence-electron chi connectivity index (χ0n) is 23.6. The maximum atomic E-state index is 12.9. The van der Waals surface area contributed by atoms with Crippen LogP contribution in [0.5, 0.6) is 0 Å². The molecule has 5 nitrogen and oxygen atoms in total. The van der Waals surface area contributed by atoms with Gasteiger partial charge in [0.2, 0.25) is 0 Å². The number of hydrogen-bond acceptors (Lipinski definition) is 4. The highest BCUT2D eigenvalue weighted by Gasteiger charge is 2.71. The highest BCUT2D eigenvalue weighted by molar-refractivity contribution is 5.78. The molecular formula is C21H30NO4+. The fourth-order valence-corrected chi connectivity index (χ4v) is 4.61. The second-order valence-electron chi connectivity index (χ2n) is 7.39. The largest absolute Gasteiger partial charge is 0.461 e. The summed E-state index contributed by atoms with van der Waals surface area (Å²) in [7, 11) is 1.47. The van der Waals surface area contributed by atoms with Crippen molar-refractivity contribution in [1.82, 2.24) is 0 Å². The van der Waals surface area contributed by atoms with E-state index in [-0.39, 0.29) is 12.8 Å². The third-order valence-electron chi connectivity index (χ3n) is 6.02. The fraction of sp³-hybridized carbons (Fsp3) is 0.667. The van der Waals surface area contributed by atoms with Crippen LogP contribution in [0.3, 0.4) is 0 Å². The summed E-state index contributed by atoms with van der Waals surface area (Å²) in [6.45, 7) is -6.76. The molecule has 0 aliphatic carbocycles. The van der Waals surface area contributed by atoms with E-state index in [1.54, 1.807) is 30.3 Å². The van der Waals surface area contributed by atoms with Gasteiger partial charge in [0, 0.05) is 22.4 Å². The Morgan fingerprint density at radius 3 is 2.69 bits per heavy atom. The van der Waals surface area contributed by atoms with Crippen molar-refractivity contribution in [2.45, 2.75) is 68.8 Å². The molecule has 1 aromatic carbocycles. The number of likely N-dealkylation sites (N-methyl/N-ethyl adjacent to an activating group) is 1. The van der Waals surface area contributed by atoms with Gasteiger partial charge in [-0.2, -0.15) is 0 Å². The lowest BCUT2D eigenvalue weighted by Gasteiger charge is -2.48. The van der Waals surface area contributed by atoms with Gasteiger partial charge < -0.3 is 19.1 Å². The van der Waals surface area contributed by atoms with Gasteiger partial charge in [0.05, 0.1) is 22.9 Å². The number of benzene rings is 1. The monoisotopic (exact) mass is 369 g/mol. The zero-order chi connectivity index (χ0) is 26.2. The number of fused-ring (bicyclic) bond motifs is 5. The number of morpholine rings is 1. The van der Waals surface area contributed by atoms with E-state index in [2.05, 4.69) is 0 Å². The predicted molar refractivity (Wildman–Crippen MR) is 97.6 cm³/mol. The van der Waals surface area contributed by atoms with E-state index in [0.29, 0.717) is 5.56 Å². The van der Waals surface area contributed by atoms with Crippen LogP contribution in [0.15, 0.2) is 30.3 Å². The van der Waals surface area contributed by atoms with Gasteiger partial charge in [0.25, 0.3) is 0 Å². The Kier molecular flexibility index (Phi) is 2.73. The molecule has 0 saturated carbocycles. The van der Waals surface area contributed by atoms with Crippen LogP contribution in [0.2, 0.25) is 0 Å². The van der Waals surface area contributed by atoms with Gasteiger partial charge >= 0.3 is 5.97 Å². The van der Waals surface area contributed by atoms with Crippen LogP contribution in [-0.4, -0.2) is 66.1 Å². The Hall–Kier alpha value is -1.43. The minimum absolute atomic E-state index is 0.138. The number of piperidine rings is 1. The highest BCUT2D eigenvalue weighted by atomic mass is 16.6. The molecule has 7 atom stereocenters. The van der Waals surface area contributed by atoms with Crippen LogP contribution in [0, 0.1) is 0 Å². The number of carbonyl (C=O) groups is 1. The van der Waals surface area contributed by atoms with Gasteiger partial charge in [-0.05, 0) is 11.9 Å². The second kappa shape index (κ2) is 6.95. The molecule has 3 fully saturated rings. The van der Waals surface area contributed by atoms with Crippen molar-refractivity contribution in [1.29, 1.82) is 0 Å². The lowest BCUT2D eigenvalue weighted by atomic mass is 9.94. The van der Waals surface area contributed by atoms with Crippen molar-refractivity contribution in [3.8, 4) is 0 Å². The molecule has 0 spiro atoms. The second-order valence-corrected chi connectivity index (χ2v) is 7.39. The first-order valence-electron chi connectivity index (χ1n) is 13.4. The van der Waals surface area contributed by atoms with E-state index < -0.39 is 79.5 Å². The van der Waals surface area contributed by atoms with Crippen molar-refractivity contribution in [2.75, 3.05) is 20.2 Å². The Morgan fingerprint density at radius 2 is 2.08 bits per heavy atom. The maximum Gasteiger partial charge on any atom is 0.316 e. The van der Waals surface area contributed by atoms with Crippen LogP contribution in [0.25, 0.3) is 0 Å². The Morgan fingerprint density at radius 1 is 1.38 bits per heavy atom. The SMILES string of the molecule is [2H]C([2H])([2H])C([2H])([2H])C([2H])([2H])C([2H])([2H])[N+]1(C)[C@@H]2CC(OC(=O)[C@H](CO)c3ccccc3)C[C@H]1[C@@H]1O[C@@H]12. The summed E-state index contributed by atoms with van der Waals surface area (Å²) in [4.78, 5) is 12.9. The molecule has 142 valence electrons. The maximum absolute atomic E-state index is 12.9. The molecule has 2 bridgehead atoms. The number of quaternary nitrogens is 1. The van der Waals surface area contributed by atoms with Crippen LogP contribution in [0.4, 0.5) is 0 Å². The van der Waals surface area contributed by atoms with E-state index in [9.17, 15) is 9.90 Å². The van der Waals surface area contributed by atoms with Crippen molar-refractivity contribution < 1.29 is 36.2 Å². The van der Waals surface area contributed by atoms with E-state index in [0.717, 1.165) is 0 Å². The number of ether oxygens (including phenoxy) is 2. The fourth-order valence-electron chi connectivity index (χ4n) is 4.61. The Balaban J connectivity index is 1.58. The molecule has 0 amide bonds. The van der Waals surface area contributed by atoms with E-state index >= 15 is 0 Å². The van der Waals surface area contributed by atoms with Gasteiger partial charge in [0.1, 0.15) is 36.3 Å². The first-order chi connectivity index (χ1) is 16.0. The molecule has 1 N–H and O–H groups in total. The van der Waals surface area contributed by atoms with E-state index in [1.807, 2.05) is 0 Å². The first kappa shape index (κ1) is 10.2. The van der Waals surface area contributed by atoms with Crippen LogP contribution in [-0.2, 0) is 14.3 Å². The number of rotatable bonds is 7. The molecular weight excluding hydrogens is 330 g/mol. The van der Waals surface area contributed by atoms with Gasteiger partial charge in [-0.3, -0.25) is 4.79 Å². The molecule has 0 radical (unpaired) electrons. The number of epoxide rings is 1. The normalized spacial score (nSPS) is 45.8. The number of aliphatic hydroxyl groups is 1. The minimum Gasteiger partial charge on any atom is -0.461 e. The van der Waals surface area contributed by atoms with E-state index in [1.165, 1.54) is 7.05 Å². The third-order valence-corrected chi connectivity index (χ3v) is 6.02. The molecule has 4 rings (SSSR count). The summed E-state index contributed by atoms with van der Waals surface area (Å²) in [5.74, 6) is -1.50. The smallest absolute Gasteiger partial charge is 0.316 e. The number of hydrogen-bond donors (Lipinski definition) is 1. The van der Waals surface area contributed by atoms with Crippen molar-refractivity contribution in [2.24, 2.45) is 0 Å². The summed E-state index contributed by atoms with van der Waals surface area (Å²) in [5, 5.41) is 9.77. The zero-order valence-corrected chi connectivity index (χ0v) is 14.6. The van der Waals surface area contributed by atoms with Gasteiger partial charge in [-0.25, -0.2) is 0 Å². The van der Waals surface area contributed by atoms with Gasteiger partial charge in [-0.15, -0.1) is 0 Å². The average Bonchev–Trinajstić information content (AvgIpc) is 3.52. The van der Waals surface area contributed by atoms with Crippen molar-refractivity contribution in [3.05, 3.63) is 35.9 Å². The Bertz CT molecular complexity index is 953. The average molecular weight is 370 g/mol. The molecule has 0 aromatic heterocycles. The first-order valence-corrected chi connectivity index (χ1v) is 8.90. The van der Waals surface area contributed by atoms with Crippen molar-refractivity contribution in [3.63, 3.8) is 0 Å². The summed E-state index contributed by atoms with van der Waals surface area (Å²) < 4.78 is 83.5. The van der Waals surface area contributed by atoms with Crippen LogP contribution in [0.1, 0.15) is 56.3 Å². The van der Waals surface area contributed by atoms with Crippen LogP contribution < -0.4 is 0 Å².